The lowest BCUT2D eigenvalue weighted by atomic mass is 10.2. The summed E-state index contributed by atoms with van der Waals surface area (Å²) < 4.78 is 16.3. The molecule has 0 aliphatic heterocycles. The Bertz CT molecular complexity index is 639. The van der Waals surface area contributed by atoms with E-state index in [1.54, 1.807) is 6.07 Å². The monoisotopic (exact) mass is 375 g/mol. The van der Waals surface area contributed by atoms with Gasteiger partial charge in [-0.1, -0.05) is 0 Å². The standard InChI is InChI=1S/C15H20BrClFN3/c1-9(5-6-20(3)4)21-14-7-11(16)12(18)8-13(14)19-15(21)10(2)17/h7-10H,5-6H2,1-4H3. The smallest absolute Gasteiger partial charge is 0.139 e. The minimum Gasteiger partial charge on any atom is -0.324 e. The Morgan fingerprint density at radius 2 is 2.05 bits per heavy atom. The van der Waals surface area contributed by atoms with Crippen LogP contribution in [0.3, 0.4) is 0 Å². The van der Waals surface area contributed by atoms with E-state index in [0.29, 0.717) is 9.99 Å². The fourth-order valence-corrected chi connectivity index (χ4v) is 2.91. The second-order valence-electron chi connectivity index (χ2n) is 5.65. The SMILES string of the molecule is CC(Cl)c1nc2cc(F)c(Br)cc2n1C(C)CCN(C)C. The van der Waals surface area contributed by atoms with E-state index in [4.69, 9.17) is 11.6 Å². The van der Waals surface area contributed by atoms with Gasteiger partial charge in [-0.3, -0.25) is 0 Å². The van der Waals surface area contributed by atoms with Gasteiger partial charge in [0.15, 0.2) is 0 Å². The maximum Gasteiger partial charge on any atom is 0.139 e. The zero-order valence-corrected chi connectivity index (χ0v) is 15.0. The molecule has 0 spiro atoms. The molecule has 0 saturated carbocycles. The van der Waals surface area contributed by atoms with E-state index < -0.39 is 0 Å². The van der Waals surface area contributed by atoms with E-state index in [-0.39, 0.29) is 17.2 Å². The molecule has 1 aromatic carbocycles. The first-order valence-corrected chi connectivity index (χ1v) is 8.20. The van der Waals surface area contributed by atoms with Gasteiger partial charge in [-0.05, 0) is 62.9 Å². The summed E-state index contributed by atoms with van der Waals surface area (Å²) in [6.45, 7) is 5.01. The number of hydrogen-bond donors (Lipinski definition) is 0. The third-order valence-corrected chi connectivity index (χ3v) is 4.35. The predicted octanol–water partition coefficient (Wildman–Crippen LogP) is 4.75. The van der Waals surface area contributed by atoms with Crippen LogP contribution in [0.5, 0.6) is 0 Å². The summed E-state index contributed by atoms with van der Waals surface area (Å²) in [6, 6.07) is 3.48. The predicted molar refractivity (Wildman–Crippen MR) is 89.5 cm³/mol. The fraction of sp³-hybridized carbons (Fsp3) is 0.533. The van der Waals surface area contributed by atoms with E-state index in [1.165, 1.54) is 6.07 Å². The van der Waals surface area contributed by atoms with E-state index in [2.05, 4.69) is 51.4 Å². The molecule has 0 radical (unpaired) electrons. The van der Waals surface area contributed by atoms with E-state index in [0.717, 1.165) is 24.3 Å². The highest BCUT2D eigenvalue weighted by Crippen LogP contribution is 2.31. The van der Waals surface area contributed by atoms with Crippen molar-refractivity contribution in [3.8, 4) is 0 Å². The van der Waals surface area contributed by atoms with Gasteiger partial charge >= 0.3 is 0 Å². The molecule has 21 heavy (non-hydrogen) atoms. The van der Waals surface area contributed by atoms with Crippen molar-refractivity contribution in [2.75, 3.05) is 20.6 Å². The Morgan fingerprint density at radius 3 is 2.62 bits per heavy atom. The van der Waals surface area contributed by atoms with Crippen LogP contribution in [0.1, 0.15) is 37.5 Å². The number of nitrogens with zero attached hydrogens (tertiary/aromatic N) is 3. The summed E-state index contributed by atoms with van der Waals surface area (Å²) in [5, 5.41) is -0.221. The first-order chi connectivity index (χ1) is 9.81. The highest BCUT2D eigenvalue weighted by molar-refractivity contribution is 9.10. The molecule has 6 heteroatoms. The lowest BCUT2D eigenvalue weighted by Crippen LogP contribution is -2.18. The van der Waals surface area contributed by atoms with Crippen LogP contribution >= 0.6 is 27.5 Å². The normalized spacial score (nSPS) is 14.9. The molecule has 0 aliphatic carbocycles. The first kappa shape index (κ1) is 16.7. The Morgan fingerprint density at radius 1 is 1.38 bits per heavy atom. The maximum absolute atomic E-state index is 13.7. The molecular weight excluding hydrogens is 357 g/mol. The Hall–Kier alpha value is -0.650. The van der Waals surface area contributed by atoms with Crippen molar-refractivity contribution in [3.05, 3.63) is 28.2 Å². The topological polar surface area (TPSA) is 21.1 Å². The molecule has 2 atom stereocenters. The van der Waals surface area contributed by atoms with E-state index in [9.17, 15) is 4.39 Å². The maximum atomic E-state index is 13.7. The van der Waals surface area contributed by atoms with Crippen LogP contribution in [-0.2, 0) is 0 Å². The lowest BCUT2D eigenvalue weighted by molar-refractivity contribution is 0.357. The summed E-state index contributed by atoms with van der Waals surface area (Å²) in [4.78, 5) is 6.67. The van der Waals surface area contributed by atoms with Crippen LogP contribution in [0.2, 0.25) is 0 Å². The summed E-state index contributed by atoms with van der Waals surface area (Å²) in [7, 11) is 4.10. The Labute approximate surface area is 138 Å². The molecule has 116 valence electrons. The molecule has 0 saturated heterocycles. The number of hydrogen-bond acceptors (Lipinski definition) is 2. The Kier molecular flexibility index (Phi) is 5.28. The van der Waals surface area contributed by atoms with Crippen molar-refractivity contribution < 1.29 is 4.39 Å². The second kappa shape index (κ2) is 6.63. The zero-order chi connectivity index (χ0) is 15.7. The van der Waals surface area contributed by atoms with Gasteiger partial charge in [0, 0.05) is 12.1 Å². The third-order valence-electron chi connectivity index (χ3n) is 3.55. The van der Waals surface area contributed by atoms with Crippen LogP contribution < -0.4 is 0 Å². The number of aromatic nitrogens is 2. The van der Waals surface area contributed by atoms with E-state index >= 15 is 0 Å². The van der Waals surface area contributed by atoms with Crippen molar-refractivity contribution in [3.63, 3.8) is 0 Å². The molecule has 1 aromatic heterocycles. The summed E-state index contributed by atoms with van der Waals surface area (Å²) in [5.74, 6) is 0.484. The zero-order valence-electron chi connectivity index (χ0n) is 12.7. The molecule has 0 bridgehead atoms. The van der Waals surface area contributed by atoms with Crippen LogP contribution in [0.25, 0.3) is 11.0 Å². The molecule has 2 rings (SSSR count). The molecule has 2 unspecified atom stereocenters. The van der Waals surface area contributed by atoms with Gasteiger partial charge in [-0.25, -0.2) is 9.37 Å². The molecule has 1 heterocycles. The number of fused-ring (bicyclic) bond motifs is 1. The first-order valence-electron chi connectivity index (χ1n) is 6.97. The molecule has 3 nitrogen and oxygen atoms in total. The van der Waals surface area contributed by atoms with Crippen LogP contribution in [-0.4, -0.2) is 35.1 Å². The largest absolute Gasteiger partial charge is 0.324 e. The van der Waals surface area contributed by atoms with Crippen molar-refractivity contribution in [1.82, 2.24) is 14.5 Å². The van der Waals surface area contributed by atoms with Gasteiger partial charge in [0.05, 0.1) is 20.9 Å². The Balaban J connectivity index is 2.52. The van der Waals surface area contributed by atoms with Crippen molar-refractivity contribution in [2.45, 2.75) is 31.7 Å². The molecule has 0 aliphatic rings. The quantitative estimate of drug-likeness (QED) is 0.702. The minimum absolute atomic E-state index is 0.221. The molecule has 0 fully saturated rings. The summed E-state index contributed by atoms with van der Waals surface area (Å²) in [6.07, 6.45) is 0.976. The number of alkyl halides is 1. The third kappa shape index (κ3) is 3.58. The van der Waals surface area contributed by atoms with Gasteiger partial charge in [0.25, 0.3) is 0 Å². The van der Waals surface area contributed by atoms with Crippen LogP contribution in [0.4, 0.5) is 4.39 Å². The average Bonchev–Trinajstić information content (AvgIpc) is 2.75. The molecule has 2 aromatic rings. The van der Waals surface area contributed by atoms with Crippen molar-refractivity contribution >= 4 is 38.6 Å². The molecule has 0 amide bonds. The lowest BCUT2D eigenvalue weighted by Gasteiger charge is -2.20. The fourth-order valence-electron chi connectivity index (χ4n) is 2.43. The molecule has 0 N–H and O–H groups in total. The van der Waals surface area contributed by atoms with Crippen LogP contribution in [0, 0.1) is 5.82 Å². The summed E-state index contributed by atoms with van der Waals surface area (Å²) in [5.41, 5.74) is 1.56. The van der Waals surface area contributed by atoms with Crippen molar-refractivity contribution in [1.29, 1.82) is 0 Å². The average molecular weight is 377 g/mol. The van der Waals surface area contributed by atoms with Gasteiger partial charge in [0.1, 0.15) is 11.6 Å². The van der Waals surface area contributed by atoms with Gasteiger partial charge in [0.2, 0.25) is 0 Å². The van der Waals surface area contributed by atoms with Crippen molar-refractivity contribution in [2.24, 2.45) is 0 Å². The van der Waals surface area contributed by atoms with Gasteiger partial charge in [-0.2, -0.15) is 0 Å². The highest BCUT2D eigenvalue weighted by atomic mass is 79.9. The number of benzene rings is 1. The molecular formula is C15H20BrClFN3. The highest BCUT2D eigenvalue weighted by Gasteiger charge is 2.20. The minimum atomic E-state index is -0.304. The number of rotatable bonds is 5. The second-order valence-corrected chi connectivity index (χ2v) is 7.16. The van der Waals surface area contributed by atoms with E-state index in [1.807, 2.05) is 6.92 Å². The number of imidazole rings is 1. The number of halogens is 3. The van der Waals surface area contributed by atoms with Crippen LogP contribution in [0.15, 0.2) is 16.6 Å². The van der Waals surface area contributed by atoms with Gasteiger partial charge < -0.3 is 9.47 Å². The van der Waals surface area contributed by atoms with Gasteiger partial charge in [-0.15, -0.1) is 11.6 Å². The summed E-state index contributed by atoms with van der Waals surface area (Å²) >= 11 is 9.52.